The minimum atomic E-state index is -0.440. The number of nitro benzene ring substituents is 1. The quantitative estimate of drug-likeness (QED) is 0.399. The van der Waals surface area contributed by atoms with Gasteiger partial charge < -0.3 is 15.0 Å². The molecule has 0 saturated carbocycles. The molecule has 0 bridgehead atoms. The highest BCUT2D eigenvalue weighted by molar-refractivity contribution is 5.92. The molecule has 4 rings (SSSR count). The molecule has 2 heterocycles. The zero-order chi connectivity index (χ0) is 19.7. The summed E-state index contributed by atoms with van der Waals surface area (Å²) in [5.41, 5.74) is 2.63. The van der Waals surface area contributed by atoms with Crippen LogP contribution in [-0.4, -0.2) is 32.0 Å². The van der Waals surface area contributed by atoms with Crippen molar-refractivity contribution in [3.05, 3.63) is 64.6 Å². The number of ether oxygens (including phenoxy) is 1. The van der Waals surface area contributed by atoms with Crippen molar-refractivity contribution in [3.63, 3.8) is 0 Å². The molecule has 28 heavy (non-hydrogen) atoms. The number of nitro groups is 1. The molecular weight excluding hydrogens is 360 g/mol. The molecule has 140 valence electrons. The van der Waals surface area contributed by atoms with Gasteiger partial charge in [0.2, 0.25) is 5.95 Å². The van der Waals surface area contributed by atoms with Crippen molar-refractivity contribution in [2.75, 3.05) is 12.4 Å². The Bertz CT molecular complexity index is 1190. The lowest BCUT2D eigenvalue weighted by atomic mass is 10.1. The first kappa shape index (κ1) is 17.4. The Hall–Kier alpha value is -4.01. The topological polar surface area (TPSA) is 119 Å². The fourth-order valence-corrected chi connectivity index (χ4v) is 3.01. The predicted molar refractivity (Wildman–Crippen MR) is 105 cm³/mol. The summed E-state index contributed by atoms with van der Waals surface area (Å²) in [4.78, 5) is 26.9. The number of H-pyrrole nitrogens is 1. The summed E-state index contributed by atoms with van der Waals surface area (Å²) in [7, 11) is 1.50. The van der Waals surface area contributed by atoms with Crippen LogP contribution in [0.15, 0.2) is 48.9 Å². The van der Waals surface area contributed by atoms with Gasteiger partial charge in [0.05, 0.1) is 23.2 Å². The summed E-state index contributed by atoms with van der Waals surface area (Å²) in [5, 5.41) is 15.3. The summed E-state index contributed by atoms with van der Waals surface area (Å²) >= 11 is 0. The SMILES string of the molecule is COc1cc(C)c([N+](=O)[O-])cc1Nc1ncnc(-c2cccc3cc[nH]c23)n1. The van der Waals surface area contributed by atoms with Crippen molar-refractivity contribution in [2.24, 2.45) is 0 Å². The molecule has 2 N–H and O–H groups in total. The molecule has 9 heteroatoms. The predicted octanol–water partition coefficient (Wildman–Crippen LogP) is 3.99. The highest BCUT2D eigenvalue weighted by Gasteiger charge is 2.17. The minimum absolute atomic E-state index is 0.0197. The number of hydrogen-bond donors (Lipinski definition) is 2. The van der Waals surface area contributed by atoms with Gasteiger partial charge in [-0.25, -0.2) is 9.97 Å². The van der Waals surface area contributed by atoms with Gasteiger partial charge in [-0.2, -0.15) is 4.98 Å². The van der Waals surface area contributed by atoms with Gasteiger partial charge in [-0.05, 0) is 25.1 Å². The van der Waals surface area contributed by atoms with E-state index in [1.807, 2.05) is 30.5 Å². The second kappa shape index (κ2) is 6.95. The van der Waals surface area contributed by atoms with Crippen LogP contribution in [0.2, 0.25) is 0 Å². The van der Waals surface area contributed by atoms with Crippen LogP contribution in [0.1, 0.15) is 5.56 Å². The van der Waals surface area contributed by atoms with Crippen molar-refractivity contribution in [3.8, 4) is 17.1 Å². The molecule has 0 aliphatic carbocycles. The number of nitrogens with zero attached hydrogens (tertiary/aromatic N) is 4. The number of hydrogen-bond acceptors (Lipinski definition) is 7. The van der Waals surface area contributed by atoms with E-state index in [0.29, 0.717) is 22.8 Å². The number of methoxy groups -OCH3 is 1. The first-order chi connectivity index (χ1) is 13.6. The molecule has 0 aliphatic heterocycles. The van der Waals surface area contributed by atoms with Crippen LogP contribution in [0.25, 0.3) is 22.3 Å². The van der Waals surface area contributed by atoms with Gasteiger partial charge in [0.15, 0.2) is 5.82 Å². The van der Waals surface area contributed by atoms with Crippen molar-refractivity contribution in [1.82, 2.24) is 19.9 Å². The first-order valence-corrected chi connectivity index (χ1v) is 8.42. The Morgan fingerprint density at radius 1 is 1.21 bits per heavy atom. The number of aromatic nitrogens is 4. The fraction of sp³-hybridized carbons (Fsp3) is 0.105. The summed E-state index contributed by atoms with van der Waals surface area (Å²) < 4.78 is 5.33. The molecular formula is C19H16N6O3. The molecule has 4 aromatic rings. The van der Waals surface area contributed by atoms with Gasteiger partial charge in [-0.1, -0.05) is 12.1 Å². The monoisotopic (exact) mass is 376 g/mol. The lowest BCUT2D eigenvalue weighted by molar-refractivity contribution is -0.385. The minimum Gasteiger partial charge on any atom is -0.495 e. The van der Waals surface area contributed by atoms with E-state index in [1.54, 1.807) is 13.0 Å². The molecule has 0 unspecified atom stereocenters. The van der Waals surface area contributed by atoms with E-state index in [0.717, 1.165) is 16.5 Å². The lowest BCUT2D eigenvalue weighted by Gasteiger charge is -2.11. The molecule has 0 atom stereocenters. The van der Waals surface area contributed by atoms with Crippen molar-refractivity contribution < 1.29 is 9.66 Å². The molecule has 0 radical (unpaired) electrons. The van der Waals surface area contributed by atoms with Crippen LogP contribution in [0.4, 0.5) is 17.3 Å². The number of aryl methyl sites for hydroxylation is 1. The molecule has 0 amide bonds. The van der Waals surface area contributed by atoms with Crippen molar-refractivity contribution >= 4 is 28.2 Å². The smallest absolute Gasteiger partial charge is 0.274 e. The second-order valence-electron chi connectivity index (χ2n) is 6.10. The Morgan fingerprint density at radius 2 is 2.07 bits per heavy atom. The number of nitrogens with one attached hydrogen (secondary N) is 2. The molecule has 0 fully saturated rings. The van der Waals surface area contributed by atoms with Crippen LogP contribution in [0.3, 0.4) is 0 Å². The number of aromatic amines is 1. The van der Waals surface area contributed by atoms with Gasteiger partial charge in [-0.15, -0.1) is 0 Å². The Labute approximate surface area is 159 Å². The van der Waals surface area contributed by atoms with Gasteiger partial charge in [0.1, 0.15) is 12.1 Å². The van der Waals surface area contributed by atoms with Gasteiger partial charge >= 0.3 is 0 Å². The van der Waals surface area contributed by atoms with Crippen molar-refractivity contribution in [1.29, 1.82) is 0 Å². The number of para-hydroxylation sites is 1. The normalized spacial score (nSPS) is 10.8. The maximum atomic E-state index is 11.3. The Morgan fingerprint density at radius 3 is 2.86 bits per heavy atom. The first-order valence-electron chi connectivity index (χ1n) is 8.42. The highest BCUT2D eigenvalue weighted by Crippen LogP contribution is 2.34. The maximum Gasteiger partial charge on any atom is 0.274 e. The Balaban J connectivity index is 1.74. The van der Waals surface area contributed by atoms with E-state index in [-0.39, 0.29) is 11.6 Å². The van der Waals surface area contributed by atoms with Crippen LogP contribution in [0, 0.1) is 17.0 Å². The third-order valence-corrected chi connectivity index (χ3v) is 4.36. The Kier molecular flexibility index (Phi) is 4.32. The highest BCUT2D eigenvalue weighted by atomic mass is 16.6. The summed E-state index contributed by atoms with van der Waals surface area (Å²) in [6.45, 7) is 1.66. The summed E-state index contributed by atoms with van der Waals surface area (Å²) in [6, 6.07) is 10.8. The summed E-state index contributed by atoms with van der Waals surface area (Å²) in [6.07, 6.45) is 3.24. The van der Waals surface area contributed by atoms with Crippen LogP contribution in [0.5, 0.6) is 5.75 Å². The van der Waals surface area contributed by atoms with E-state index in [4.69, 9.17) is 4.74 Å². The molecule has 0 saturated heterocycles. The van der Waals surface area contributed by atoms with Crippen LogP contribution in [-0.2, 0) is 0 Å². The van der Waals surface area contributed by atoms with Gasteiger partial charge in [0, 0.05) is 28.8 Å². The number of anilines is 2. The van der Waals surface area contributed by atoms with Gasteiger partial charge in [-0.3, -0.25) is 10.1 Å². The third kappa shape index (κ3) is 3.09. The third-order valence-electron chi connectivity index (χ3n) is 4.36. The molecule has 0 spiro atoms. The average Bonchev–Trinajstić information content (AvgIpc) is 3.18. The van der Waals surface area contributed by atoms with E-state index in [2.05, 4.69) is 25.3 Å². The molecule has 2 aromatic carbocycles. The number of fused-ring (bicyclic) bond motifs is 1. The van der Waals surface area contributed by atoms with Crippen molar-refractivity contribution in [2.45, 2.75) is 6.92 Å². The number of benzene rings is 2. The molecule has 2 aromatic heterocycles. The largest absolute Gasteiger partial charge is 0.495 e. The van der Waals surface area contributed by atoms with E-state index in [9.17, 15) is 10.1 Å². The molecule has 9 nitrogen and oxygen atoms in total. The van der Waals surface area contributed by atoms with Crippen LogP contribution >= 0.6 is 0 Å². The number of rotatable bonds is 5. The lowest BCUT2D eigenvalue weighted by Crippen LogP contribution is -2.03. The zero-order valence-corrected chi connectivity index (χ0v) is 15.1. The maximum absolute atomic E-state index is 11.3. The average molecular weight is 376 g/mol. The van der Waals surface area contributed by atoms with E-state index < -0.39 is 4.92 Å². The molecule has 0 aliphatic rings. The second-order valence-corrected chi connectivity index (χ2v) is 6.10. The fourth-order valence-electron chi connectivity index (χ4n) is 3.01. The van der Waals surface area contributed by atoms with Gasteiger partial charge in [0.25, 0.3) is 5.69 Å². The van der Waals surface area contributed by atoms with E-state index >= 15 is 0 Å². The zero-order valence-electron chi connectivity index (χ0n) is 15.1. The van der Waals surface area contributed by atoms with E-state index in [1.165, 1.54) is 19.5 Å². The standard InChI is InChI=1S/C19H16N6O3/c1-11-8-16(28-2)14(9-15(11)25(26)27)23-19-22-10-21-18(24-19)13-5-3-4-12-6-7-20-17(12)13/h3-10,20H,1-2H3,(H,21,22,23,24). The van der Waals surface area contributed by atoms with Crippen LogP contribution < -0.4 is 10.1 Å². The summed E-state index contributed by atoms with van der Waals surface area (Å²) in [5.74, 6) is 1.19.